The molecule has 4 nitrogen and oxygen atoms in total. The highest BCUT2D eigenvalue weighted by molar-refractivity contribution is 5.94. The van der Waals surface area contributed by atoms with Gasteiger partial charge < -0.3 is 10.4 Å². The number of hydrogen-bond acceptors (Lipinski definition) is 3. The highest BCUT2D eigenvalue weighted by atomic mass is 16.3. The molecular weight excluding hydrogens is 420 g/mol. The van der Waals surface area contributed by atoms with Crippen molar-refractivity contribution in [3.8, 4) is 0 Å². The molecule has 0 unspecified atom stereocenters. The minimum Gasteiger partial charge on any atom is -0.390 e. The van der Waals surface area contributed by atoms with E-state index in [4.69, 9.17) is 0 Å². The molecule has 0 radical (unpaired) electrons. The maximum atomic E-state index is 13.0. The van der Waals surface area contributed by atoms with Gasteiger partial charge in [-0.1, -0.05) is 42.5 Å². The number of nitrogens with zero attached hydrogens (tertiary/aromatic N) is 1. The van der Waals surface area contributed by atoms with Gasteiger partial charge in [-0.05, 0) is 105 Å². The predicted octanol–water partition coefficient (Wildman–Crippen LogP) is 4.69. The molecule has 5 aliphatic carbocycles. The van der Waals surface area contributed by atoms with Gasteiger partial charge in [0.2, 0.25) is 0 Å². The number of carbonyl (C=O) groups excluding carboxylic acids is 1. The molecule has 1 spiro atoms. The van der Waals surface area contributed by atoms with Gasteiger partial charge in [0.05, 0.1) is 12.1 Å². The van der Waals surface area contributed by atoms with Crippen molar-refractivity contribution in [2.45, 2.75) is 68.5 Å². The van der Waals surface area contributed by atoms with E-state index in [0.717, 1.165) is 61.2 Å². The quantitative estimate of drug-likeness (QED) is 0.705. The first-order valence-electron chi connectivity index (χ1n) is 13.5. The van der Waals surface area contributed by atoms with Gasteiger partial charge in [-0.3, -0.25) is 9.69 Å². The van der Waals surface area contributed by atoms with E-state index in [1.54, 1.807) is 0 Å². The van der Waals surface area contributed by atoms with E-state index >= 15 is 0 Å². The number of aliphatic hydroxyl groups excluding tert-OH is 1. The van der Waals surface area contributed by atoms with Crippen molar-refractivity contribution >= 4 is 5.91 Å². The fraction of sp³-hybridized carbons (Fsp3) is 0.567. The normalized spacial score (nSPS) is 37.6. The maximum Gasteiger partial charge on any atom is 0.251 e. The Labute approximate surface area is 202 Å². The molecule has 178 valence electrons. The summed E-state index contributed by atoms with van der Waals surface area (Å²) in [4.78, 5) is 15.8. The maximum absolute atomic E-state index is 13.0. The Balaban J connectivity index is 1.12. The zero-order valence-electron chi connectivity index (χ0n) is 19.9. The molecule has 4 saturated carbocycles. The number of benzene rings is 2. The van der Waals surface area contributed by atoms with Gasteiger partial charge in [-0.2, -0.15) is 0 Å². The molecule has 2 N–H and O–H groups in total. The molecule has 1 heterocycles. The van der Waals surface area contributed by atoms with Crippen molar-refractivity contribution in [1.29, 1.82) is 0 Å². The Morgan fingerprint density at radius 1 is 0.853 bits per heavy atom. The minimum absolute atomic E-state index is 0.109. The van der Waals surface area contributed by atoms with Crippen LogP contribution in [0, 0.1) is 23.7 Å². The summed E-state index contributed by atoms with van der Waals surface area (Å²) in [5.74, 6) is 3.72. The average molecular weight is 457 g/mol. The van der Waals surface area contributed by atoms with Gasteiger partial charge >= 0.3 is 0 Å². The summed E-state index contributed by atoms with van der Waals surface area (Å²) in [7, 11) is 0. The molecule has 1 amide bonds. The first-order chi connectivity index (χ1) is 16.6. The third-order valence-corrected chi connectivity index (χ3v) is 10.3. The van der Waals surface area contributed by atoms with Crippen molar-refractivity contribution < 1.29 is 9.90 Å². The van der Waals surface area contributed by atoms with Gasteiger partial charge in [0.15, 0.2) is 0 Å². The van der Waals surface area contributed by atoms with Crippen LogP contribution < -0.4 is 5.32 Å². The van der Waals surface area contributed by atoms with Crippen molar-refractivity contribution in [2.75, 3.05) is 13.1 Å². The van der Waals surface area contributed by atoms with Crippen LogP contribution in [0.2, 0.25) is 0 Å². The van der Waals surface area contributed by atoms with Crippen molar-refractivity contribution in [2.24, 2.45) is 23.7 Å². The van der Waals surface area contributed by atoms with Gasteiger partial charge in [0.25, 0.3) is 5.91 Å². The summed E-state index contributed by atoms with van der Waals surface area (Å²) in [5, 5.41) is 14.9. The molecule has 8 rings (SSSR count). The van der Waals surface area contributed by atoms with Crippen LogP contribution >= 0.6 is 0 Å². The molecule has 0 aromatic heterocycles. The summed E-state index contributed by atoms with van der Waals surface area (Å²) in [6.45, 7) is 2.13. The second-order valence-corrected chi connectivity index (χ2v) is 12.0. The van der Waals surface area contributed by atoms with Gasteiger partial charge in [-0.15, -0.1) is 0 Å². The SMILES string of the molecule is O=C(N[C@H]1c2ccccc2C2(CCN(C3C4CC5CC(C4)CC3C5)CC2)[C@@H]1O)c1ccccc1. The molecule has 2 atom stereocenters. The first kappa shape index (κ1) is 21.1. The molecule has 1 aliphatic heterocycles. The third-order valence-electron chi connectivity index (χ3n) is 10.3. The molecule has 6 aliphatic rings. The Morgan fingerprint density at radius 2 is 1.47 bits per heavy atom. The van der Waals surface area contributed by atoms with Crippen LogP contribution in [0.25, 0.3) is 0 Å². The Hall–Kier alpha value is -2.17. The van der Waals surface area contributed by atoms with Gasteiger partial charge in [0, 0.05) is 17.0 Å². The Bertz CT molecular complexity index is 1050. The van der Waals surface area contributed by atoms with E-state index < -0.39 is 6.10 Å². The van der Waals surface area contributed by atoms with Crippen molar-refractivity contribution in [3.63, 3.8) is 0 Å². The summed E-state index contributed by atoms with van der Waals surface area (Å²) < 4.78 is 0. The van der Waals surface area contributed by atoms with Gasteiger partial charge in [-0.25, -0.2) is 0 Å². The number of aliphatic hydroxyl groups is 1. The van der Waals surface area contributed by atoms with Crippen molar-refractivity contribution in [1.82, 2.24) is 10.2 Å². The lowest BCUT2D eigenvalue weighted by Gasteiger charge is -2.59. The summed E-state index contributed by atoms with van der Waals surface area (Å²) >= 11 is 0. The molecule has 4 heteroatoms. The monoisotopic (exact) mass is 456 g/mol. The zero-order valence-corrected chi connectivity index (χ0v) is 19.9. The lowest BCUT2D eigenvalue weighted by molar-refractivity contribution is -0.0829. The van der Waals surface area contributed by atoms with Crippen molar-refractivity contribution in [3.05, 3.63) is 71.3 Å². The van der Waals surface area contributed by atoms with Crippen LogP contribution in [-0.4, -0.2) is 41.1 Å². The van der Waals surface area contributed by atoms with Crippen LogP contribution in [0.4, 0.5) is 0 Å². The van der Waals surface area contributed by atoms with E-state index in [2.05, 4.69) is 28.4 Å². The van der Waals surface area contributed by atoms with E-state index in [9.17, 15) is 9.90 Å². The number of fused-ring (bicyclic) bond motifs is 2. The van der Waals surface area contributed by atoms with E-state index in [1.165, 1.54) is 37.7 Å². The number of rotatable bonds is 3. The number of carbonyl (C=O) groups is 1. The number of amides is 1. The second-order valence-electron chi connectivity index (χ2n) is 12.0. The standard InChI is InChI=1S/C30H36N2O2/c33-28-26(31-29(34)21-6-2-1-3-7-21)24-8-4-5-9-25(24)30(28)10-12-32(13-11-30)27-22-15-19-14-20(17-22)18-23(27)16-19/h1-9,19-20,22-23,26-28,33H,10-18H2,(H,31,34)/t19?,20?,22?,23?,26-,27?,28+/m0/s1. The van der Waals surface area contributed by atoms with Crippen LogP contribution in [0.15, 0.2) is 54.6 Å². The summed E-state index contributed by atoms with van der Waals surface area (Å²) in [6.07, 6.45) is 8.70. The van der Waals surface area contributed by atoms with E-state index in [-0.39, 0.29) is 17.4 Å². The van der Waals surface area contributed by atoms with Crippen LogP contribution in [0.3, 0.4) is 0 Å². The summed E-state index contributed by atoms with van der Waals surface area (Å²) in [5.41, 5.74) is 2.74. The number of nitrogens with one attached hydrogen (secondary N) is 1. The third kappa shape index (κ3) is 3.14. The lowest BCUT2D eigenvalue weighted by Crippen LogP contribution is -2.59. The smallest absolute Gasteiger partial charge is 0.251 e. The number of hydrogen-bond donors (Lipinski definition) is 2. The highest BCUT2D eigenvalue weighted by Crippen LogP contribution is 2.57. The largest absolute Gasteiger partial charge is 0.390 e. The molecule has 34 heavy (non-hydrogen) atoms. The van der Waals surface area contributed by atoms with Crippen LogP contribution in [0.5, 0.6) is 0 Å². The first-order valence-corrected chi connectivity index (χ1v) is 13.5. The second kappa shape index (κ2) is 7.93. The minimum atomic E-state index is -0.585. The van der Waals surface area contributed by atoms with E-state index in [1.807, 2.05) is 36.4 Å². The molecule has 2 aromatic rings. The fourth-order valence-corrected chi connectivity index (χ4v) is 9.12. The summed E-state index contributed by atoms with van der Waals surface area (Å²) in [6, 6.07) is 18.2. The average Bonchev–Trinajstić information content (AvgIpc) is 3.08. The molecule has 4 bridgehead atoms. The Kier molecular flexibility index (Phi) is 4.93. The zero-order chi connectivity index (χ0) is 22.9. The topological polar surface area (TPSA) is 52.6 Å². The molecular formula is C30H36N2O2. The number of likely N-dealkylation sites (tertiary alicyclic amines) is 1. The van der Waals surface area contributed by atoms with Crippen LogP contribution in [-0.2, 0) is 5.41 Å². The predicted molar refractivity (Wildman–Crippen MR) is 132 cm³/mol. The molecule has 2 aromatic carbocycles. The fourth-order valence-electron chi connectivity index (χ4n) is 9.12. The molecule has 1 saturated heterocycles. The van der Waals surface area contributed by atoms with Gasteiger partial charge in [0.1, 0.15) is 0 Å². The molecule has 5 fully saturated rings. The number of piperidine rings is 1. The van der Waals surface area contributed by atoms with E-state index in [0.29, 0.717) is 5.56 Å². The highest BCUT2D eigenvalue weighted by Gasteiger charge is 2.55. The van der Waals surface area contributed by atoms with Crippen LogP contribution in [0.1, 0.15) is 72.5 Å². The Morgan fingerprint density at radius 3 is 2.15 bits per heavy atom. The lowest BCUT2D eigenvalue weighted by atomic mass is 9.53.